The molecule has 4 atom stereocenters. The van der Waals surface area contributed by atoms with Gasteiger partial charge >= 0.3 is 0 Å². The summed E-state index contributed by atoms with van der Waals surface area (Å²) < 4.78 is 9.79. The van der Waals surface area contributed by atoms with Crippen LogP contribution in [0.4, 0.5) is 0 Å². The average molecular weight is 190 g/mol. The second-order valence-electron chi connectivity index (χ2n) is 3.14. The largest absolute Gasteiger partial charge is 0.389 e. The zero-order valence-corrected chi connectivity index (χ0v) is 7.64. The fourth-order valence-electron chi connectivity index (χ4n) is 1.36. The minimum Gasteiger partial charge on any atom is -0.389 e. The monoisotopic (exact) mass is 190 g/mol. The molecule has 0 bridgehead atoms. The van der Waals surface area contributed by atoms with Gasteiger partial charge in [-0.05, 0) is 6.92 Å². The number of methoxy groups -OCH3 is 1. The van der Waals surface area contributed by atoms with Crippen LogP contribution in [0, 0.1) is 5.92 Å². The minimum atomic E-state index is -1.16. The van der Waals surface area contributed by atoms with Crippen molar-refractivity contribution in [3.05, 3.63) is 0 Å². The van der Waals surface area contributed by atoms with E-state index < -0.39 is 24.4 Å². The number of rotatable bonds is 2. The van der Waals surface area contributed by atoms with Crippen molar-refractivity contribution in [1.82, 2.24) is 0 Å². The second kappa shape index (κ2) is 4.15. The predicted molar refractivity (Wildman–Crippen MR) is 42.9 cm³/mol. The van der Waals surface area contributed by atoms with E-state index >= 15 is 0 Å². The van der Waals surface area contributed by atoms with E-state index in [1.165, 1.54) is 14.0 Å². The highest BCUT2D eigenvalue weighted by Gasteiger charge is 2.40. The second-order valence-corrected chi connectivity index (χ2v) is 3.14. The van der Waals surface area contributed by atoms with E-state index in [2.05, 4.69) is 0 Å². The molecule has 1 fully saturated rings. The first-order chi connectivity index (χ1) is 6.07. The highest BCUT2D eigenvalue weighted by Crippen LogP contribution is 2.21. The van der Waals surface area contributed by atoms with E-state index in [0.29, 0.717) is 0 Å². The van der Waals surface area contributed by atoms with Gasteiger partial charge in [-0.25, -0.2) is 0 Å². The summed E-state index contributed by atoms with van der Waals surface area (Å²) in [5.41, 5.74) is 0. The van der Waals surface area contributed by atoms with Crippen LogP contribution < -0.4 is 0 Å². The fourth-order valence-corrected chi connectivity index (χ4v) is 1.36. The van der Waals surface area contributed by atoms with Crippen LogP contribution in [-0.2, 0) is 14.3 Å². The summed E-state index contributed by atoms with van der Waals surface area (Å²) in [6.45, 7) is 1.45. The average Bonchev–Trinajstić information content (AvgIpc) is 2.09. The van der Waals surface area contributed by atoms with Crippen molar-refractivity contribution in [2.24, 2.45) is 5.92 Å². The molecule has 0 radical (unpaired) electrons. The molecule has 5 heteroatoms. The van der Waals surface area contributed by atoms with Crippen molar-refractivity contribution in [3.63, 3.8) is 0 Å². The molecule has 5 nitrogen and oxygen atoms in total. The summed E-state index contributed by atoms with van der Waals surface area (Å²) in [5.74, 6) is -0.845. The maximum Gasteiger partial charge on any atom is 0.185 e. The minimum absolute atomic E-state index is 0.0894. The Labute approximate surface area is 76.3 Å². The number of hydrogen-bond donors (Lipinski definition) is 2. The Hall–Kier alpha value is -0.490. The van der Waals surface area contributed by atoms with Crippen LogP contribution in [0.15, 0.2) is 0 Å². The van der Waals surface area contributed by atoms with E-state index in [-0.39, 0.29) is 12.4 Å². The molecule has 0 aromatic heterocycles. The molecule has 0 amide bonds. The SMILES string of the molecule is CO[C@H]1OC[C@@H](C(C)=O)[C@@H](O)[C@H]1O. The van der Waals surface area contributed by atoms with E-state index in [1.807, 2.05) is 0 Å². The highest BCUT2D eigenvalue weighted by molar-refractivity contribution is 5.79. The standard InChI is InChI=1S/C8H14O5/c1-4(9)5-3-13-8(12-2)7(11)6(5)10/h5-8,10-11H,3H2,1-2H3/t5-,6+,7+,8-/m0/s1. The predicted octanol–water partition coefficient (Wildman–Crippen LogP) is -1.08. The van der Waals surface area contributed by atoms with Gasteiger partial charge in [-0.2, -0.15) is 0 Å². The van der Waals surface area contributed by atoms with E-state index in [0.717, 1.165) is 0 Å². The molecular weight excluding hydrogens is 176 g/mol. The van der Waals surface area contributed by atoms with E-state index in [4.69, 9.17) is 9.47 Å². The molecule has 0 aromatic carbocycles. The van der Waals surface area contributed by atoms with Gasteiger partial charge < -0.3 is 19.7 Å². The van der Waals surface area contributed by atoms with Crippen LogP contribution >= 0.6 is 0 Å². The Balaban J connectivity index is 2.64. The van der Waals surface area contributed by atoms with Crippen LogP contribution in [0.3, 0.4) is 0 Å². The van der Waals surface area contributed by atoms with Crippen LogP contribution in [0.2, 0.25) is 0 Å². The van der Waals surface area contributed by atoms with Gasteiger partial charge in [0.1, 0.15) is 11.9 Å². The lowest BCUT2D eigenvalue weighted by molar-refractivity contribution is -0.247. The van der Waals surface area contributed by atoms with Crippen molar-refractivity contribution in [1.29, 1.82) is 0 Å². The Morgan fingerprint density at radius 2 is 2.08 bits per heavy atom. The molecule has 0 aliphatic carbocycles. The van der Waals surface area contributed by atoms with E-state index in [1.54, 1.807) is 0 Å². The summed E-state index contributed by atoms with van der Waals surface area (Å²) in [6, 6.07) is 0. The normalized spacial score (nSPS) is 40.3. The summed E-state index contributed by atoms with van der Waals surface area (Å²) in [5, 5.41) is 18.9. The third-order valence-electron chi connectivity index (χ3n) is 2.24. The molecule has 13 heavy (non-hydrogen) atoms. The molecule has 0 aromatic rings. The maximum atomic E-state index is 11.0. The topological polar surface area (TPSA) is 76.0 Å². The first-order valence-electron chi connectivity index (χ1n) is 4.09. The van der Waals surface area contributed by atoms with Crippen molar-refractivity contribution >= 4 is 5.78 Å². The quantitative estimate of drug-likeness (QED) is 0.579. The summed E-state index contributed by atoms with van der Waals surface area (Å²) in [4.78, 5) is 11.0. The molecule has 1 saturated heterocycles. The van der Waals surface area contributed by atoms with Gasteiger partial charge in [0.15, 0.2) is 6.29 Å². The van der Waals surface area contributed by atoms with Crippen molar-refractivity contribution < 1.29 is 24.5 Å². The summed E-state index contributed by atoms with van der Waals surface area (Å²) >= 11 is 0. The van der Waals surface area contributed by atoms with Crippen molar-refractivity contribution in [2.75, 3.05) is 13.7 Å². The number of aliphatic hydroxyl groups is 2. The molecule has 1 rings (SSSR count). The zero-order chi connectivity index (χ0) is 10.0. The van der Waals surface area contributed by atoms with Crippen LogP contribution in [0.1, 0.15) is 6.92 Å². The smallest absolute Gasteiger partial charge is 0.185 e. The number of carbonyl (C=O) groups excluding carboxylic acids is 1. The Kier molecular flexibility index (Phi) is 3.38. The molecule has 1 heterocycles. The van der Waals surface area contributed by atoms with Gasteiger partial charge in [0.25, 0.3) is 0 Å². The van der Waals surface area contributed by atoms with E-state index in [9.17, 15) is 15.0 Å². The third-order valence-corrected chi connectivity index (χ3v) is 2.24. The van der Waals surface area contributed by atoms with Gasteiger partial charge in [-0.3, -0.25) is 4.79 Å². The molecule has 1 aliphatic rings. The van der Waals surface area contributed by atoms with Gasteiger partial charge in [-0.15, -0.1) is 0 Å². The van der Waals surface area contributed by atoms with Gasteiger partial charge in [-0.1, -0.05) is 0 Å². The highest BCUT2D eigenvalue weighted by atomic mass is 16.7. The van der Waals surface area contributed by atoms with Crippen LogP contribution in [-0.4, -0.2) is 48.2 Å². The van der Waals surface area contributed by atoms with Crippen molar-refractivity contribution in [3.8, 4) is 0 Å². The number of hydrogen-bond acceptors (Lipinski definition) is 5. The third kappa shape index (κ3) is 2.05. The number of carbonyl (C=O) groups is 1. The Bertz CT molecular complexity index is 193. The lowest BCUT2D eigenvalue weighted by Gasteiger charge is -2.35. The van der Waals surface area contributed by atoms with Crippen molar-refractivity contribution in [2.45, 2.75) is 25.4 Å². The molecule has 1 aliphatic heterocycles. The number of Topliss-reactive ketones (excluding diaryl/α,β-unsaturated/α-hetero) is 1. The first-order valence-corrected chi connectivity index (χ1v) is 4.09. The summed E-state index contributed by atoms with van der Waals surface area (Å²) in [6.07, 6.45) is -3.10. The lowest BCUT2D eigenvalue weighted by atomic mass is 9.92. The van der Waals surface area contributed by atoms with Gasteiger partial charge in [0.2, 0.25) is 0 Å². The maximum absolute atomic E-state index is 11.0. The molecule has 2 N–H and O–H groups in total. The Morgan fingerprint density at radius 3 is 2.54 bits per heavy atom. The molecule has 0 spiro atoms. The first kappa shape index (κ1) is 10.6. The Morgan fingerprint density at radius 1 is 1.46 bits per heavy atom. The fraction of sp³-hybridized carbons (Fsp3) is 0.875. The molecular formula is C8H14O5. The number of ketones is 1. The molecule has 0 saturated carbocycles. The number of aliphatic hydroxyl groups excluding tert-OH is 2. The summed E-state index contributed by atoms with van der Waals surface area (Å²) in [7, 11) is 1.37. The van der Waals surface area contributed by atoms with Crippen LogP contribution in [0.5, 0.6) is 0 Å². The lowest BCUT2D eigenvalue weighted by Crippen LogP contribution is -2.52. The molecule has 76 valence electrons. The van der Waals surface area contributed by atoms with Gasteiger partial charge in [0, 0.05) is 7.11 Å². The number of ether oxygens (including phenoxy) is 2. The molecule has 0 unspecified atom stereocenters. The van der Waals surface area contributed by atoms with Gasteiger partial charge in [0.05, 0.1) is 18.6 Å². The zero-order valence-electron chi connectivity index (χ0n) is 7.64. The van der Waals surface area contributed by atoms with Crippen LogP contribution in [0.25, 0.3) is 0 Å².